The van der Waals surface area contributed by atoms with Crippen LogP contribution >= 0.6 is 11.6 Å². The van der Waals surface area contributed by atoms with E-state index in [0.717, 1.165) is 12.0 Å². The third-order valence-corrected chi connectivity index (χ3v) is 3.80. The maximum Gasteiger partial charge on any atom is 0.175 e. The average Bonchev–Trinajstić information content (AvgIpc) is 2.25. The van der Waals surface area contributed by atoms with Crippen molar-refractivity contribution in [3.8, 4) is 0 Å². The van der Waals surface area contributed by atoms with Crippen LogP contribution in [0.5, 0.6) is 0 Å². The minimum atomic E-state index is -3.11. The second kappa shape index (κ2) is 5.66. The summed E-state index contributed by atoms with van der Waals surface area (Å²) >= 11 is 5.69. The van der Waals surface area contributed by atoms with Crippen molar-refractivity contribution in [2.24, 2.45) is 0 Å². The van der Waals surface area contributed by atoms with Crippen LogP contribution in [-0.4, -0.2) is 27.6 Å². The molecule has 1 atom stereocenters. The van der Waals surface area contributed by atoms with Gasteiger partial charge < -0.3 is 5.32 Å². The van der Waals surface area contributed by atoms with Crippen LogP contribution < -0.4 is 5.32 Å². The molecule has 1 aromatic carbocycles. The molecule has 0 aliphatic heterocycles. The molecule has 0 aliphatic carbocycles. The molecule has 0 aromatic heterocycles. The Morgan fingerprint density at radius 1 is 1.31 bits per heavy atom. The maximum absolute atomic E-state index is 11.3. The molecule has 90 valence electrons. The van der Waals surface area contributed by atoms with Gasteiger partial charge in [-0.05, 0) is 31.2 Å². The van der Waals surface area contributed by atoms with Crippen LogP contribution in [0.1, 0.15) is 18.0 Å². The van der Waals surface area contributed by atoms with E-state index in [1.807, 2.05) is 19.2 Å². The smallest absolute Gasteiger partial charge is 0.175 e. The first-order valence-electron chi connectivity index (χ1n) is 5.02. The lowest BCUT2D eigenvalue weighted by atomic mass is 10.1. The Morgan fingerprint density at radius 2 is 1.88 bits per heavy atom. The van der Waals surface area contributed by atoms with E-state index in [1.165, 1.54) is 6.26 Å². The summed E-state index contributed by atoms with van der Waals surface area (Å²) in [6, 6.07) is 7.08. The lowest BCUT2D eigenvalue weighted by Gasteiger charge is -2.15. The van der Waals surface area contributed by atoms with Crippen LogP contribution in [0, 0.1) is 0 Å². The molecule has 0 heterocycles. The Labute approximate surface area is 102 Å². The molecule has 1 aromatic rings. The molecule has 1 unspecified atom stereocenters. The standard InChI is InChI=1S/C11H16ClNO2S/c1-13-11(7-8-12)9-3-5-10(6-4-9)16(2,14)15/h3-6,11,13H,7-8H2,1-2H3. The molecule has 0 spiro atoms. The number of benzene rings is 1. The first-order valence-corrected chi connectivity index (χ1v) is 7.45. The molecular formula is C11H16ClNO2S. The van der Waals surface area contributed by atoms with Crippen molar-refractivity contribution in [1.29, 1.82) is 0 Å². The second-order valence-electron chi connectivity index (χ2n) is 3.66. The Kier molecular flexibility index (Phi) is 4.77. The van der Waals surface area contributed by atoms with Crippen molar-refractivity contribution in [3.63, 3.8) is 0 Å². The third kappa shape index (κ3) is 3.47. The van der Waals surface area contributed by atoms with Crippen LogP contribution in [0.25, 0.3) is 0 Å². The normalized spacial score (nSPS) is 13.7. The highest BCUT2D eigenvalue weighted by Gasteiger charge is 2.10. The van der Waals surface area contributed by atoms with E-state index in [0.29, 0.717) is 10.8 Å². The summed E-state index contributed by atoms with van der Waals surface area (Å²) in [5.74, 6) is 0.569. The summed E-state index contributed by atoms with van der Waals surface area (Å²) in [5, 5.41) is 3.14. The van der Waals surface area contributed by atoms with Crippen LogP contribution in [0.15, 0.2) is 29.2 Å². The van der Waals surface area contributed by atoms with Gasteiger partial charge in [0.05, 0.1) is 4.90 Å². The first-order chi connectivity index (χ1) is 7.49. The molecule has 0 amide bonds. The molecule has 0 saturated heterocycles. The lowest BCUT2D eigenvalue weighted by molar-refractivity contribution is 0.578. The molecule has 3 nitrogen and oxygen atoms in total. The van der Waals surface area contributed by atoms with Crippen molar-refractivity contribution < 1.29 is 8.42 Å². The largest absolute Gasteiger partial charge is 0.313 e. The predicted octanol–water partition coefficient (Wildman–Crippen LogP) is 1.98. The van der Waals surface area contributed by atoms with Crippen LogP contribution in [0.3, 0.4) is 0 Å². The fraction of sp³-hybridized carbons (Fsp3) is 0.455. The Balaban J connectivity index is 2.93. The molecule has 5 heteroatoms. The maximum atomic E-state index is 11.3. The second-order valence-corrected chi connectivity index (χ2v) is 6.05. The SMILES string of the molecule is CNC(CCCl)c1ccc(S(C)(=O)=O)cc1. The van der Waals surface area contributed by atoms with Gasteiger partial charge in [-0.1, -0.05) is 12.1 Å². The molecule has 1 N–H and O–H groups in total. The number of halogens is 1. The Bertz CT molecular complexity index is 428. The highest BCUT2D eigenvalue weighted by molar-refractivity contribution is 7.90. The van der Waals surface area contributed by atoms with Gasteiger partial charge in [-0.25, -0.2) is 8.42 Å². The van der Waals surface area contributed by atoms with Gasteiger partial charge in [0.2, 0.25) is 0 Å². The van der Waals surface area contributed by atoms with Crippen molar-refractivity contribution in [2.75, 3.05) is 19.2 Å². The van der Waals surface area contributed by atoms with Crippen LogP contribution in [-0.2, 0) is 9.84 Å². The van der Waals surface area contributed by atoms with E-state index in [-0.39, 0.29) is 6.04 Å². The van der Waals surface area contributed by atoms with Gasteiger partial charge in [-0.15, -0.1) is 11.6 Å². The van der Waals surface area contributed by atoms with E-state index in [4.69, 9.17) is 11.6 Å². The summed E-state index contributed by atoms with van der Waals surface area (Å²) < 4.78 is 22.5. The summed E-state index contributed by atoms with van der Waals surface area (Å²) in [6.45, 7) is 0. The summed E-state index contributed by atoms with van der Waals surface area (Å²) in [7, 11) is -1.25. The highest BCUT2D eigenvalue weighted by Crippen LogP contribution is 2.19. The van der Waals surface area contributed by atoms with E-state index in [1.54, 1.807) is 12.1 Å². The first kappa shape index (κ1) is 13.5. The molecule has 16 heavy (non-hydrogen) atoms. The zero-order valence-electron chi connectivity index (χ0n) is 9.40. The number of hydrogen-bond donors (Lipinski definition) is 1. The van der Waals surface area contributed by atoms with Gasteiger partial charge in [0.15, 0.2) is 9.84 Å². The molecule has 1 rings (SSSR count). The Morgan fingerprint density at radius 3 is 2.25 bits per heavy atom. The minimum absolute atomic E-state index is 0.172. The van der Waals surface area contributed by atoms with Crippen molar-refractivity contribution in [3.05, 3.63) is 29.8 Å². The summed E-state index contributed by atoms with van der Waals surface area (Å²) in [6.07, 6.45) is 2.02. The monoisotopic (exact) mass is 261 g/mol. The van der Waals surface area contributed by atoms with Crippen LogP contribution in [0.2, 0.25) is 0 Å². The van der Waals surface area contributed by atoms with E-state index < -0.39 is 9.84 Å². The lowest BCUT2D eigenvalue weighted by Crippen LogP contribution is -2.16. The molecule has 0 radical (unpaired) electrons. The van der Waals surface area contributed by atoms with E-state index in [9.17, 15) is 8.42 Å². The van der Waals surface area contributed by atoms with Crippen molar-refractivity contribution in [2.45, 2.75) is 17.4 Å². The van der Waals surface area contributed by atoms with E-state index >= 15 is 0 Å². The van der Waals surface area contributed by atoms with Gasteiger partial charge in [0.1, 0.15) is 0 Å². The van der Waals surface area contributed by atoms with Gasteiger partial charge in [0.25, 0.3) is 0 Å². The van der Waals surface area contributed by atoms with Gasteiger partial charge in [-0.2, -0.15) is 0 Å². The average molecular weight is 262 g/mol. The fourth-order valence-corrected chi connectivity index (χ4v) is 2.38. The zero-order chi connectivity index (χ0) is 12.2. The number of sulfone groups is 1. The topological polar surface area (TPSA) is 46.2 Å². The zero-order valence-corrected chi connectivity index (χ0v) is 11.0. The molecule has 0 fully saturated rings. The third-order valence-electron chi connectivity index (χ3n) is 2.46. The van der Waals surface area contributed by atoms with Gasteiger partial charge >= 0.3 is 0 Å². The Hall–Kier alpha value is -0.580. The number of hydrogen-bond acceptors (Lipinski definition) is 3. The van der Waals surface area contributed by atoms with Gasteiger partial charge in [0, 0.05) is 18.2 Å². The number of rotatable bonds is 5. The highest BCUT2D eigenvalue weighted by atomic mass is 35.5. The fourth-order valence-electron chi connectivity index (χ4n) is 1.53. The van der Waals surface area contributed by atoms with Gasteiger partial charge in [-0.3, -0.25) is 0 Å². The quantitative estimate of drug-likeness (QED) is 0.825. The van der Waals surface area contributed by atoms with Crippen molar-refractivity contribution in [1.82, 2.24) is 5.32 Å². The molecular weight excluding hydrogens is 246 g/mol. The summed E-state index contributed by atoms with van der Waals surface area (Å²) in [5.41, 5.74) is 1.05. The molecule has 0 aliphatic rings. The van der Waals surface area contributed by atoms with Crippen LogP contribution in [0.4, 0.5) is 0 Å². The predicted molar refractivity (Wildman–Crippen MR) is 66.7 cm³/mol. The summed E-state index contributed by atoms with van der Waals surface area (Å²) in [4.78, 5) is 0.344. The number of alkyl halides is 1. The molecule has 0 saturated carbocycles. The molecule has 0 bridgehead atoms. The number of nitrogens with one attached hydrogen (secondary N) is 1. The minimum Gasteiger partial charge on any atom is -0.313 e. The van der Waals surface area contributed by atoms with Crippen molar-refractivity contribution >= 4 is 21.4 Å². The van der Waals surface area contributed by atoms with E-state index in [2.05, 4.69) is 5.32 Å².